The molecule has 0 amide bonds. The number of aromatic nitrogens is 2. The summed E-state index contributed by atoms with van der Waals surface area (Å²) in [7, 11) is 0. The van der Waals surface area contributed by atoms with Crippen LogP contribution in [0.15, 0.2) is 15.9 Å². The molecular formula is C10H10N2O2S. The third-order valence-corrected chi connectivity index (χ3v) is 2.78. The molecule has 2 aromatic heterocycles. The van der Waals surface area contributed by atoms with Crippen LogP contribution in [0, 0.1) is 0 Å². The Morgan fingerprint density at radius 1 is 1.47 bits per heavy atom. The maximum Gasteiger partial charge on any atom is 0.248 e. The molecule has 78 valence electrons. The second-order valence-corrected chi connectivity index (χ2v) is 4.40. The smallest absolute Gasteiger partial charge is 0.248 e. The Bertz CT molecular complexity index is 473. The quantitative estimate of drug-likeness (QED) is 0.749. The van der Waals surface area contributed by atoms with E-state index in [1.165, 1.54) is 11.3 Å². The van der Waals surface area contributed by atoms with Crippen LogP contribution < -0.4 is 0 Å². The molecule has 2 rings (SSSR count). The van der Waals surface area contributed by atoms with Gasteiger partial charge in [0.2, 0.25) is 11.8 Å². The third-order valence-electron chi connectivity index (χ3n) is 1.92. The van der Waals surface area contributed by atoms with Gasteiger partial charge >= 0.3 is 0 Å². The molecule has 0 saturated heterocycles. The van der Waals surface area contributed by atoms with E-state index >= 15 is 0 Å². The Kier molecular flexibility index (Phi) is 2.64. The van der Waals surface area contributed by atoms with E-state index in [1.807, 2.05) is 19.2 Å². The highest BCUT2D eigenvalue weighted by Gasteiger charge is 2.12. The van der Waals surface area contributed by atoms with Crippen molar-refractivity contribution in [2.75, 3.05) is 0 Å². The fourth-order valence-corrected chi connectivity index (χ4v) is 1.79. The van der Waals surface area contributed by atoms with Crippen molar-refractivity contribution in [3.8, 4) is 11.5 Å². The average molecular weight is 222 g/mol. The number of hydrogen-bond donors (Lipinski definition) is 0. The molecule has 2 aromatic rings. The molecule has 0 spiro atoms. The second-order valence-electron chi connectivity index (χ2n) is 3.46. The Labute approximate surface area is 91.0 Å². The predicted molar refractivity (Wildman–Crippen MR) is 57.1 cm³/mol. The summed E-state index contributed by atoms with van der Waals surface area (Å²) in [5, 5.41) is 9.69. The van der Waals surface area contributed by atoms with Crippen molar-refractivity contribution >= 4 is 17.6 Å². The van der Waals surface area contributed by atoms with Gasteiger partial charge in [0.05, 0.1) is 10.4 Å². The Balaban J connectivity index is 2.32. The first kappa shape index (κ1) is 10.0. The molecule has 0 aliphatic carbocycles. The normalized spacial score (nSPS) is 10.9. The summed E-state index contributed by atoms with van der Waals surface area (Å²) < 4.78 is 5.46. The van der Waals surface area contributed by atoms with E-state index in [1.54, 1.807) is 6.07 Å². The zero-order chi connectivity index (χ0) is 10.8. The van der Waals surface area contributed by atoms with Crippen molar-refractivity contribution in [2.24, 2.45) is 0 Å². The van der Waals surface area contributed by atoms with Crippen LogP contribution in [0.3, 0.4) is 0 Å². The van der Waals surface area contributed by atoms with Crippen LogP contribution in [-0.2, 0) is 0 Å². The predicted octanol–water partition coefficient (Wildman–Crippen LogP) is 2.73. The van der Waals surface area contributed by atoms with E-state index in [-0.39, 0.29) is 5.92 Å². The zero-order valence-corrected chi connectivity index (χ0v) is 9.25. The topological polar surface area (TPSA) is 56.0 Å². The van der Waals surface area contributed by atoms with Gasteiger partial charge in [-0.2, -0.15) is 0 Å². The number of carbonyl (C=O) groups excluding carboxylic acids is 1. The van der Waals surface area contributed by atoms with Gasteiger partial charge in [-0.25, -0.2) is 0 Å². The first-order valence-electron chi connectivity index (χ1n) is 4.58. The summed E-state index contributed by atoms with van der Waals surface area (Å²) in [6.45, 7) is 3.98. The molecule has 0 unspecified atom stereocenters. The molecule has 0 aromatic carbocycles. The number of nitrogens with zero attached hydrogens (tertiary/aromatic N) is 2. The van der Waals surface area contributed by atoms with Crippen molar-refractivity contribution in [3.63, 3.8) is 0 Å². The third kappa shape index (κ3) is 1.97. The Morgan fingerprint density at radius 3 is 2.80 bits per heavy atom. The highest BCUT2D eigenvalue weighted by molar-refractivity contribution is 7.12. The number of thiophene rings is 1. The Morgan fingerprint density at radius 2 is 2.27 bits per heavy atom. The lowest BCUT2D eigenvalue weighted by Crippen LogP contribution is -1.85. The lowest BCUT2D eigenvalue weighted by molar-refractivity contribution is 0.112. The van der Waals surface area contributed by atoms with Gasteiger partial charge in [-0.1, -0.05) is 13.8 Å². The number of hydrogen-bond acceptors (Lipinski definition) is 5. The van der Waals surface area contributed by atoms with Gasteiger partial charge in [0.25, 0.3) is 0 Å². The van der Waals surface area contributed by atoms with Gasteiger partial charge in [-0.05, 0) is 6.07 Å². The molecule has 15 heavy (non-hydrogen) atoms. The van der Waals surface area contributed by atoms with E-state index in [0.29, 0.717) is 16.7 Å². The summed E-state index contributed by atoms with van der Waals surface area (Å²) in [5.74, 6) is 1.31. The molecule has 5 heteroatoms. The molecule has 0 atom stereocenters. The molecule has 0 saturated carbocycles. The monoisotopic (exact) mass is 222 g/mol. The molecule has 0 N–H and O–H groups in total. The standard InChI is InChI=1S/C10H10N2O2S/c1-6(2)9-11-12-10(14-9)7-3-8(4-13)15-5-7/h3-6H,1-2H3. The van der Waals surface area contributed by atoms with E-state index in [2.05, 4.69) is 10.2 Å². The minimum Gasteiger partial charge on any atom is -0.420 e. The summed E-state index contributed by atoms with van der Waals surface area (Å²) in [6, 6.07) is 1.75. The molecular weight excluding hydrogens is 212 g/mol. The first-order valence-corrected chi connectivity index (χ1v) is 5.46. The van der Waals surface area contributed by atoms with Gasteiger partial charge < -0.3 is 4.42 Å². The van der Waals surface area contributed by atoms with Crippen LogP contribution >= 0.6 is 11.3 Å². The lowest BCUT2D eigenvalue weighted by atomic mass is 10.2. The van der Waals surface area contributed by atoms with Gasteiger partial charge in [0.1, 0.15) is 0 Å². The highest BCUT2D eigenvalue weighted by atomic mass is 32.1. The van der Waals surface area contributed by atoms with Crippen LogP contribution in [0.25, 0.3) is 11.5 Å². The maximum absolute atomic E-state index is 10.5. The van der Waals surface area contributed by atoms with Crippen molar-refractivity contribution in [1.82, 2.24) is 10.2 Å². The summed E-state index contributed by atoms with van der Waals surface area (Å²) >= 11 is 1.37. The van der Waals surface area contributed by atoms with Gasteiger partial charge in [0, 0.05) is 11.3 Å². The van der Waals surface area contributed by atoms with E-state index < -0.39 is 0 Å². The number of carbonyl (C=O) groups is 1. The SMILES string of the molecule is CC(C)c1nnc(-c2csc(C=O)c2)o1. The highest BCUT2D eigenvalue weighted by Crippen LogP contribution is 2.25. The minimum atomic E-state index is 0.218. The lowest BCUT2D eigenvalue weighted by Gasteiger charge is -1.93. The molecule has 2 heterocycles. The average Bonchev–Trinajstić information content (AvgIpc) is 2.86. The minimum absolute atomic E-state index is 0.218. The van der Waals surface area contributed by atoms with Crippen LogP contribution in [0.5, 0.6) is 0 Å². The first-order chi connectivity index (χ1) is 7.20. The molecule has 0 radical (unpaired) electrons. The molecule has 0 aliphatic heterocycles. The van der Waals surface area contributed by atoms with E-state index in [4.69, 9.17) is 4.42 Å². The number of aldehydes is 1. The van der Waals surface area contributed by atoms with Crippen molar-refractivity contribution < 1.29 is 9.21 Å². The molecule has 0 bridgehead atoms. The fraction of sp³-hybridized carbons (Fsp3) is 0.300. The van der Waals surface area contributed by atoms with Gasteiger partial charge in [-0.3, -0.25) is 4.79 Å². The van der Waals surface area contributed by atoms with E-state index in [0.717, 1.165) is 11.8 Å². The summed E-state index contributed by atoms with van der Waals surface area (Å²) in [6.07, 6.45) is 0.813. The van der Waals surface area contributed by atoms with Crippen LogP contribution in [0.1, 0.15) is 35.3 Å². The van der Waals surface area contributed by atoms with E-state index in [9.17, 15) is 4.79 Å². The maximum atomic E-state index is 10.5. The van der Waals surface area contributed by atoms with Crippen molar-refractivity contribution in [2.45, 2.75) is 19.8 Å². The summed E-state index contributed by atoms with van der Waals surface area (Å²) in [4.78, 5) is 11.2. The summed E-state index contributed by atoms with van der Waals surface area (Å²) in [5.41, 5.74) is 0.807. The fourth-order valence-electron chi connectivity index (χ4n) is 1.11. The van der Waals surface area contributed by atoms with Gasteiger partial charge in [0.15, 0.2) is 6.29 Å². The molecule has 0 aliphatic rings. The second kappa shape index (κ2) is 3.94. The Hall–Kier alpha value is -1.49. The van der Waals surface area contributed by atoms with Crippen LogP contribution in [0.4, 0.5) is 0 Å². The zero-order valence-electron chi connectivity index (χ0n) is 8.43. The largest absolute Gasteiger partial charge is 0.420 e. The van der Waals surface area contributed by atoms with Crippen LogP contribution in [0.2, 0.25) is 0 Å². The van der Waals surface area contributed by atoms with Crippen LogP contribution in [-0.4, -0.2) is 16.5 Å². The van der Waals surface area contributed by atoms with Gasteiger partial charge in [-0.15, -0.1) is 21.5 Å². The number of rotatable bonds is 3. The van der Waals surface area contributed by atoms with Crippen molar-refractivity contribution in [3.05, 3.63) is 22.2 Å². The molecule has 0 fully saturated rings. The van der Waals surface area contributed by atoms with Crippen molar-refractivity contribution in [1.29, 1.82) is 0 Å². The molecule has 4 nitrogen and oxygen atoms in total.